The van der Waals surface area contributed by atoms with E-state index >= 15 is 0 Å². The van der Waals surface area contributed by atoms with Crippen molar-refractivity contribution in [2.24, 2.45) is 4.99 Å². The van der Waals surface area contributed by atoms with Crippen LogP contribution in [-0.2, 0) is 18.8 Å². The second-order valence-corrected chi connectivity index (χ2v) is 9.37. The van der Waals surface area contributed by atoms with Crippen molar-refractivity contribution in [1.29, 1.82) is 0 Å². The zero-order valence-corrected chi connectivity index (χ0v) is 15.9. The van der Waals surface area contributed by atoms with Gasteiger partial charge < -0.3 is 14.4 Å². The van der Waals surface area contributed by atoms with Crippen LogP contribution in [0.3, 0.4) is 0 Å². The van der Waals surface area contributed by atoms with Gasteiger partial charge in [-0.1, -0.05) is 22.4 Å². The lowest BCUT2D eigenvalue weighted by atomic mass is 10.1. The predicted octanol–water partition coefficient (Wildman–Crippen LogP) is 3.89. The van der Waals surface area contributed by atoms with Crippen LogP contribution in [0, 0.1) is 13.8 Å². The summed E-state index contributed by atoms with van der Waals surface area (Å²) in [5, 5.41) is 10.1. The summed E-state index contributed by atoms with van der Waals surface area (Å²) in [7, 11) is -0.438. The molecule has 3 rings (SSSR count). The van der Waals surface area contributed by atoms with Gasteiger partial charge in [0.2, 0.25) is 0 Å². The Morgan fingerprint density at radius 3 is 2.72 bits per heavy atom. The van der Waals surface area contributed by atoms with Gasteiger partial charge in [-0.2, -0.15) is 0 Å². The summed E-state index contributed by atoms with van der Waals surface area (Å²) in [5.74, 6) is 1.28. The molecular formula is C19H24N2O3S. The minimum Gasteiger partial charge on any atom is -0.496 e. The minimum absolute atomic E-state index is 0.00629. The molecule has 1 aromatic heterocycles. The van der Waals surface area contributed by atoms with Gasteiger partial charge in [0.25, 0.3) is 0 Å². The largest absolute Gasteiger partial charge is 0.496 e. The van der Waals surface area contributed by atoms with Crippen LogP contribution in [0.2, 0.25) is 0 Å². The van der Waals surface area contributed by atoms with E-state index in [-0.39, 0.29) is 6.61 Å². The Hall–Kier alpha value is -1.89. The fraction of sp³-hybridized carbons (Fsp3) is 0.368. The number of aliphatic hydroxyl groups is 1. The Balaban J connectivity index is 1.88. The van der Waals surface area contributed by atoms with E-state index in [1.165, 1.54) is 0 Å². The summed E-state index contributed by atoms with van der Waals surface area (Å²) in [5.41, 5.74) is 5.57. The Morgan fingerprint density at radius 2 is 2.04 bits per heavy atom. The number of rotatable bonds is 4. The Bertz CT molecular complexity index is 847. The SMILES string of the molecule is COc1c(C)cnc(CS(C)(O)C2=Nc3cc(CO)ccc3C2)c1C. The van der Waals surface area contributed by atoms with Crippen molar-refractivity contribution in [2.45, 2.75) is 32.6 Å². The molecule has 2 N–H and O–H groups in total. The standard InChI is InChI=1S/C19H24N2O3S/c1-12-9-20-17(13(2)19(12)24-3)11-25(4,23)18-8-15-6-5-14(10-22)7-16(15)21-18/h5-7,9,22-23H,8,10-11H2,1-4H3. The van der Waals surface area contributed by atoms with Crippen LogP contribution in [0.1, 0.15) is 27.9 Å². The van der Waals surface area contributed by atoms with Crippen LogP contribution in [0.25, 0.3) is 0 Å². The number of hydrogen-bond donors (Lipinski definition) is 2. The summed E-state index contributed by atoms with van der Waals surface area (Å²) in [6.07, 6.45) is 4.29. The highest BCUT2D eigenvalue weighted by Crippen LogP contribution is 2.50. The molecule has 1 aliphatic heterocycles. The molecule has 0 bridgehead atoms. The van der Waals surface area contributed by atoms with Gasteiger partial charge in [-0.05, 0) is 37.3 Å². The molecule has 0 amide bonds. The average Bonchev–Trinajstić information content (AvgIpc) is 3.02. The second-order valence-electron chi connectivity index (χ2n) is 6.53. The number of aliphatic imine (C=N–C) groups is 1. The van der Waals surface area contributed by atoms with Crippen LogP contribution < -0.4 is 4.74 Å². The fourth-order valence-electron chi connectivity index (χ4n) is 3.12. The first-order chi connectivity index (χ1) is 11.9. The smallest absolute Gasteiger partial charge is 0.128 e. The Kier molecular flexibility index (Phi) is 4.86. The Morgan fingerprint density at radius 1 is 1.28 bits per heavy atom. The lowest BCUT2D eigenvalue weighted by molar-refractivity contribution is 0.282. The van der Waals surface area contributed by atoms with Gasteiger partial charge in [-0.3, -0.25) is 4.98 Å². The first-order valence-corrected chi connectivity index (χ1v) is 10.3. The van der Waals surface area contributed by atoms with Gasteiger partial charge >= 0.3 is 0 Å². The van der Waals surface area contributed by atoms with E-state index in [9.17, 15) is 9.66 Å². The molecule has 0 saturated heterocycles. The summed E-state index contributed by atoms with van der Waals surface area (Å²) in [6.45, 7) is 3.93. The van der Waals surface area contributed by atoms with Crippen molar-refractivity contribution in [3.8, 4) is 5.75 Å². The molecule has 0 fully saturated rings. The number of aromatic nitrogens is 1. The van der Waals surface area contributed by atoms with Crippen LogP contribution >= 0.6 is 10.3 Å². The third-order valence-corrected chi connectivity index (χ3v) is 6.68. The number of pyridine rings is 1. The first-order valence-electron chi connectivity index (χ1n) is 8.13. The molecule has 25 heavy (non-hydrogen) atoms. The zero-order chi connectivity index (χ0) is 18.2. The number of ether oxygens (including phenoxy) is 1. The molecule has 5 nitrogen and oxygen atoms in total. The van der Waals surface area contributed by atoms with Crippen LogP contribution in [0.15, 0.2) is 29.4 Å². The maximum Gasteiger partial charge on any atom is 0.128 e. The van der Waals surface area contributed by atoms with E-state index in [0.717, 1.165) is 44.4 Å². The normalized spacial score (nSPS) is 16.8. The highest BCUT2D eigenvalue weighted by atomic mass is 32.3. The molecule has 0 spiro atoms. The van der Waals surface area contributed by atoms with Gasteiger partial charge in [0, 0.05) is 29.5 Å². The van der Waals surface area contributed by atoms with E-state index in [0.29, 0.717) is 12.2 Å². The Labute approximate surface area is 149 Å². The number of aryl methyl sites for hydroxylation is 1. The maximum atomic E-state index is 11.1. The molecule has 2 aromatic rings. The van der Waals surface area contributed by atoms with E-state index < -0.39 is 10.3 Å². The molecule has 134 valence electrons. The number of benzene rings is 1. The van der Waals surface area contributed by atoms with Gasteiger partial charge in [0.15, 0.2) is 0 Å². The molecule has 1 unspecified atom stereocenters. The lowest BCUT2D eigenvalue weighted by Crippen LogP contribution is -2.15. The van der Waals surface area contributed by atoms with Crippen molar-refractivity contribution in [1.82, 2.24) is 4.98 Å². The molecule has 0 radical (unpaired) electrons. The number of fused-ring (bicyclic) bond motifs is 1. The highest BCUT2D eigenvalue weighted by molar-refractivity contribution is 8.40. The average molecular weight is 360 g/mol. The zero-order valence-electron chi connectivity index (χ0n) is 15.0. The number of hydrogen-bond acceptors (Lipinski definition) is 5. The van der Waals surface area contributed by atoms with Gasteiger partial charge in [-0.25, -0.2) is 4.99 Å². The molecule has 0 saturated carbocycles. The minimum atomic E-state index is -2.09. The van der Waals surface area contributed by atoms with E-state index in [4.69, 9.17) is 4.74 Å². The summed E-state index contributed by atoms with van der Waals surface area (Å²) < 4.78 is 16.6. The quantitative estimate of drug-likeness (QED) is 0.867. The van der Waals surface area contributed by atoms with E-state index in [1.807, 2.05) is 38.3 Å². The summed E-state index contributed by atoms with van der Waals surface area (Å²) >= 11 is 0. The molecule has 1 aliphatic rings. The van der Waals surface area contributed by atoms with E-state index in [2.05, 4.69) is 9.98 Å². The molecule has 6 heteroatoms. The van der Waals surface area contributed by atoms with Crippen molar-refractivity contribution >= 4 is 21.0 Å². The molecular weight excluding hydrogens is 336 g/mol. The topological polar surface area (TPSA) is 74.9 Å². The van der Waals surface area contributed by atoms with Crippen molar-refractivity contribution in [2.75, 3.05) is 13.4 Å². The molecule has 1 aromatic carbocycles. The van der Waals surface area contributed by atoms with Crippen LogP contribution in [0.4, 0.5) is 5.69 Å². The van der Waals surface area contributed by atoms with Gasteiger partial charge in [0.05, 0.1) is 30.1 Å². The van der Waals surface area contributed by atoms with Crippen LogP contribution in [-0.4, -0.2) is 33.1 Å². The predicted molar refractivity (Wildman–Crippen MR) is 103 cm³/mol. The monoisotopic (exact) mass is 360 g/mol. The van der Waals surface area contributed by atoms with Crippen molar-refractivity contribution in [3.63, 3.8) is 0 Å². The van der Waals surface area contributed by atoms with Crippen molar-refractivity contribution < 1.29 is 14.4 Å². The van der Waals surface area contributed by atoms with Crippen molar-refractivity contribution in [3.05, 3.63) is 52.3 Å². The molecule has 1 atom stereocenters. The summed E-state index contributed by atoms with van der Waals surface area (Å²) in [4.78, 5) is 9.16. The third kappa shape index (κ3) is 3.42. The fourth-order valence-corrected chi connectivity index (χ4v) is 4.87. The maximum absolute atomic E-state index is 11.1. The number of nitrogens with zero attached hydrogens (tertiary/aromatic N) is 2. The number of methoxy groups -OCH3 is 1. The van der Waals surface area contributed by atoms with Gasteiger partial charge in [0.1, 0.15) is 5.75 Å². The number of aliphatic hydroxyl groups excluding tert-OH is 1. The van der Waals surface area contributed by atoms with Gasteiger partial charge in [-0.15, -0.1) is 0 Å². The van der Waals surface area contributed by atoms with Crippen LogP contribution in [0.5, 0.6) is 5.75 Å². The lowest BCUT2D eigenvalue weighted by Gasteiger charge is -2.29. The third-order valence-electron chi connectivity index (χ3n) is 4.59. The molecule has 2 heterocycles. The first kappa shape index (κ1) is 17.9. The second kappa shape index (κ2) is 6.78. The molecule has 0 aliphatic carbocycles. The highest BCUT2D eigenvalue weighted by Gasteiger charge is 2.29. The summed E-state index contributed by atoms with van der Waals surface area (Å²) in [6, 6.07) is 5.76. The van der Waals surface area contributed by atoms with E-state index in [1.54, 1.807) is 13.3 Å².